The zero-order valence-corrected chi connectivity index (χ0v) is 11.6. The molecular formula is C15H15FN2O3. The number of benzene rings is 1. The maximum Gasteiger partial charge on any atom is 0.274 e. The molecule has 1 aliphatic rings. The number of ether oxygens (including phenoxy) is 1. The van der Waals surface area contributed by atoms with Gasteiger partial charge in [-0.25, -0.2) is 4.39 Å². The summed E-state index contributed by atoms with van der Waals surface area (Å²) in [6.45, 7) is 1.87. The van der Waals surface area contributed by atoms with Crippen LogP contribution in [0, 0.1) is 12.7 Å². The molecule has 0 atom stereocenters. The smallest absolute Gasteiger partial charge is 0.274 e. The van der Waals surface area contributed by atoms with Crippen LogP contribution in [0.25, 0.3) is 0 Å². The number of nitrogens with one attached hydrogen (secondary N) is 1. The van der Waals surface area contributed by atoms with E-state index in [0.29, 0.717) is 17.1 Å². The van der Waals surface area contributed by atoms with Crippen LogP contribution in [-0.2, 0) is 6.61 Å². The van der Waals surface area contributed by atoms with E-state index >= 15 is 0 Å². The van der Waals surface area contributed by atoms with Gasteiger partial charge in [0, 0.05) is 6.04 Å². The first-order valence-corrected chi connectivity index (χ1v) is 6.78. The summed E-state index contributed by atoms with van der Waals surface area (Å²) >= 11 is 0. The summed E-state index contributed by atoms with van der Waals surface area (Å²) < 4.78 is 23.5. The standard InChI is InChI=1S/C15H15FN2O3/c1-9-13(8-20-12-6-2-10(16)3-7-12)14(18-21-9)15(19)17-11-4-5-11/h2-3,6-7,11H,4-5,8H2,1H3,(H,17,19). The molecular weight excluding hydrogens is 275 g/mol. The van der Waals surface area contributed by atoms with E-state index in [1.807, 2.05) is 0 Å². The van der Waals surface area contributed by atoms with E-state index in [2.05, 4.69) is 10.5 Å². The Labute approximate surface area is 121 Å². The number of nitrogens with zero attached hydrogens (tertiary/aromatic N) is 1. The number of hydrogen-bond acceptors (Lipinski definition) is 4. The second-order valence-corrected chi connectivity index (χ2v) is 5.06. The molecule has 0 spiro atoms. The van der Waals surface area contributed by atoms with Crippen LogP contribution >= 0.6 is 0 Å². The summed E-state index contributed by atoms with van der Waals surface area (Å²) in [6.07, 6.45) is 2.01. The molecule has 3 rings (SSSR count). The Morgan fingerprint density at radius 2 is 2.14 bits per heavy atom. The van der Waals surface area contributed by atoms with Crippen LogP contribution < -0.4 is 10.1 Å². The Morgan fingerprint density at radius 1 is 1.43 bits per heavy atom. The van der Waals surface area contributed by atoms with Gasteiger partial charge in [0.15, 0.2) is 5.69 Å². The quantitative estimate of drug-likeness (QED) is 0.919. The van der Waals surface area contributed by atoms with Crippen molar-refractivity contribution in [1.82, 2.24) is 10.5 Å². The normalized spacial score (nSPS) is 14.0. The van der Waals surface area contributed by atoms with E-state index in [1.54, 1.807) is 6.92 Å². The van der Waals surface area contributed by atoms with Gasteiger partial charge >= 0.3 is 0 Å². The predicted molar refractivity (Wildman–Crippen MR) is 72.5 cm³/mol. The average Bonchev–Trinajstić information content (AvgIpc) is 3.20. The van der Waals surface area contributed by atoms with Crippen molar-refractivity contribution in [3.63, 3.8) is 0 Å². The van der Waals surface area contributed by atoms with Gasteiger partial charge < -0.3 is 14.6 Å². The topological polar surface area (TPSA) is 64.4 Å². The van der Waals surface area contributed by atoms with Gasteiger partial charge in [-0.2, -0.15) is 0 Å². The molecule has 0 bridgehead atoms. The SMILES string of the molecule is Cc1onc(C(=O)NC2CC2)c1COc1ccc(F)cc1. The van der Waals surface area contributed by atoms with Crippen LogP contribution in [0.5, 0.6) is 5.75 Å². The first-order valence-electron chi connectivity index (χ1n) is 6.78. The van der Waals surface area contributed by atoms with Gasteiger partial charge in [0.2, 0.25) is 0 Å². The summed E-state index contributed by atoms with van der Waals surface area (Å²) in [5.74, 6) is 0.490. The molecule has 1 aliphatic carbocycles. The predicted octanol–water partition coefficient (Wildman–Crippen LogP) is 2.59. The van der Waals surface area contributed by atoms with Crippen LogP contribution in [0.2, 0.25) is 0 Å². The van der Waals surface area contributed by atoms with Crippen LogP contribution in [0.3, 0.4) is 0 Å². The third kappa shape index (κ3) is 3.21. The average molecular weight is 290 g/mol. The van der Waals surface area contributed by atoms with Gasteiger partial charge in [-0.1, -0.05) is 5.16 Å². The molecule has 0 aliphatic heterocycles. The van der Waals surface area contributed by atoms with Crippen LogP contribution in [0.1, 0.15) is 34.7 Å². The maximum absolute atomic E-state index is 12.8. The zero-order valence-electron chi connectivity index (χ0n) is 11.6. The highest BCUT2D eigenvalue weighted by atomic mass is 19.1. The third-order valence-electron chi connectivity index (χ3n) is 3.31. The molecule has 0 saturated heterocycles. The van der Waals surface area contributed by atoms with Crippen molar-refractivity contribution in [1.29, 1.82) is 0 Å². The van der Waals surface area contributed by atoms with Crippen molar-refractivity contribution < 1.29 is 18.4 Å². The van der Waals surface area contributed by atoms with Crippen LogP contribution in [-0.4, -0.2) is 17.1 Å². The Bertz CT molecular complexity index is 647. The fourth-order valence-electron chi connectivity index (χ4n) is 1.91. The lowest BCUT2D eigenvalue weighted by Crippen LogP contribution is -2.26. The van der Waals surface area contributed by atoms with Crippen molar-refractivity contribution in [2.75, 3.05) is 0 Å². The maximum atomic E-state index is 12.8. The molecule has 5 nitrogen and oxygen atoms in total. The zero-order chi connectivity index (χ0) is 14.8. The number of carbonyl (C=O) groups excluding carboxylic acids is 1. The molecule has 21 heavy (non-hydrogen) atoms. The van der Waals surface area contributed by atoms with E-state index in [1.165, 1.54) is 24.3 Å². The summed E-state index contributed by atoms with van der Waals surface area (Å²) in [5, 5.41) is 6.66. The highest BCUT2D eigenvalue weighted by molar-refractivity contribution is 5.94. The molecule has 0 unspecified atom stereocenters. The molecule has 6 heteroatoms. The van der Waals surface area contributed by atoms with Crippen molar-refractivity contribution in [3.05, 3.63) is 47.1 Å². The summed E-state index contributed by atoms with van der Waals surface area (Å²) in [5.41, 5.74) is 0.860. The largest absolute Gasteiger partial charge is 0.489 e. The number of rotatable bonds is 5. The van der Waals surface area contributed by atoms with E-state index in [4.69, 9.17) is 9.26 Å². The van der Waals surface area contributed by atoms with E-state index in [-0.39, 0.29) is 30.1 Å². The molecule has 1 amide bonds. The molecule has 1 aromatic carbocycles. The van der Waals surface area contributed by atoms with Crippen molar-refractivity contribution in [2.45, 2.75) is 32.4 Å². The van der Waals surface area contributed by atoms with Crippen molar-refractivity contribution in [2.24, 2.45) is 0 Å². The minimum absolute atomic E-state index is 0.147. The minimum Gasteiger partial charge on any atom is -0.489 e. The number of aryl methyl sites for hydroxylation is 1. The second-order valence-electron chi connectivity index (χ2n) is 5.06. The molecule has 1 saturated carbocycles. The number of hydrogen-bond donors (Lipinski definition) is 1. The number of halogens is 1. The van der Waals surface area contributed by atoms with Crippen LogP contribution in [0.4, 0.5) is 4.39 Å². The molecule has 1 aromatic heterocycles. The van der Waals surface area contributed by atoms with E-state index in [0.717, 1.165) is 12.8 Å². The van der Waals surface area contributed by atoms with Gasteiger partial charge in [-0.3, -0.25) is 4.79 Å². The van der Waals surface area contributed by atoms with Crippen molar-refractivity contribution >= 4 is 5.91 Å². The first kappa shape index (κ1) is 13.6. The van der Waals surface area contributed by atoms with Gasteiger partial charge in [-0.05, 0) is 44.0 Å². The summed E-state index contributed by atoms with van der Waals surface area (Å²) in [6, 6.07) is 5.94. The Hall–Kier alpha value is -2.37. The van der Waals surface area contributed by atoms with Crippen LogP contribution in [0.15, 0.2) is 28.8 Å². The molecule has 110 valence electrons. The monoisotopic (exact) mass is 290 g/mol. The lowest BCUT2D eigenvalue weighted by Gasteiger charge is -2.06. The molecule has 0 radical (unpaired) electrons. The van der Waals surface area contributed by atoms with E-state index in [9.17, 15) is 9.18 Å². The highest BCUT2D eigenvalue weighted by Crippen LogP contribution is 2.22. The second kappa shape index (κ2) is 5.55. The molecule has 1 heterocycles. The fourth-order valence-corrected chi connectivity index (χ4v) is 1.91. The van der Waals surface area contributed by atoms with Gasteiger partial charge in [0.05, 0.1) is 5.56 Å². The summed E-state index contributed by atoms with van der Waals surface area (Å²) in [4.78, 5) is 12.0. The van der Waals surface area contributed by atoms with Gasteiger partial charge in [0.1, 0.15) is 23.9 Å². The Morgan fingerprint density at radius 3 is 2.81 bits per heavy atom. The third-order valence-corrected chi connectivity index (χ3v) is 3.31. The number of carbonyl (C=O) groups is 1. The lowest BCUT2D eigenvalue weighted by molar-refractivity contribution is 0.0940. The summed E-state index contributed by atoms with van der Waals surface area (Å²) in [7, 11) is 0. The Balaban J connectivity index is 1.70. The lowest BCUT2D eigenvalue weighted by atomic mass is 10.2. The van der Waals surface area contributed by atoms with E-state index < -0.39 is 0 Å². The number of amides is 1. The first-order chi connectivity index (χ1) is 10.1. The molecule has 1 fully saturated rings. The number of aromatic nitrogens is 1. The minimum atomic E-state index is -0.326. The van der Waals surface area contributed by atoms with Gasteiger partial charge in [0.25, 0.3) is 5.91 Å². The molecule has 2 aromatic rings. The van der Waals surface area contributed by atoms with Gasteiger partial charge in [-0.15, -0.1) is 0 Å². The molecule has 1 N–H and O–H groups in total. The highest BCUT2D eigenvalue weighted by Gasteiger charge is 2.27. The van der Waals surface area contributed by atoms with Crippen molar-refractivity contribution in [3.8, 4) is 5.75 Å². The Kier molecular flexibility index (Phi) is 3.60. The fraction of sp³-hybridized carbons (Fsp3) is 0.333.